The van der Waals surface area contributed by atoms with Crippen molar-refractivity contribution in [3.63, 3.8) is 0 Å². The number of phenols is 1. The van der Waals surface area contributed by atoms with Gasteiger partial charge in [-0.2, -0.15) is 14.9 Å². The topological polar surface area (TPSA) is 141 Å². The van der Waals surface area contributed by atoms with E-state index in [1.165, 1.54) is 4.68 Å². The van der Waals surface area contributed by atoms with Gasteiger partial charge in [0.15, 0.2) is 0 Å². The van der Waals surface area contributed by atoms with Crippen LogP contribution >= 0.6 is 0 Å². The van der Waals surface area contributed by atoms with Crippen LogP contribution in [0.4, 0.5) is 5.82 Å². The number of anilines is 1. The third-order valence-electron chi connectivity index (χ3n) is 3.57. The third kappa shape index (κ3) is 3.22. The molecule has 1 aromatic carbocycles. The first-order chi connectivity index (χ1) is 12.0. The average molecular weight is 340 g/mol. The van der Waals surface area contributed by atoms with Gasteiger partial charge in [0.1, 0.15) is 11.4 Å². The predicted octanol–water partition coefficient (Wildman–Crippen LogP) is 1.48. The van der Waals surface area contributed by atoms with Gasteiger partial charge in [0, 0.05) is 0 Å². The number of phenolic OH excluding ortho intramolecular Hbond substituents is 1. The van der Waals surface area contributed by atoms with Gasteiger partial charge in [0.25, 0.3) is 0 Å². The van der Waals surface area contributed by atoms with Gasteiger partial charge in [-0.25, -0.2) is 4.63 Å². The van der Waals surface area contributed by atoms with Gasteiger partial charge < -0.3 is 10.8 Å². The second kappa shape index (κ2) is 6.51. The predicted molar refractivity (Wildman–Crippen MR) is 90.9 cm³/mol. The maximum atomic E-state index is 9.33. The maximum absolute atomic E-state index is 9.33. The van der Waals surface area contributed by atoms with Crippen molar-refractivity contribution in [1.82, 2.24) is 25.3 Å². The molecule has 0 fully saturated rings. The Balaban J connectivity index is 1.88. The molecule has 0 radical (unpaired) electrons. The number of rotatable bonds is 4. The highest BCUT2D eigenvalue weighted by molar-refractivity contribution is 6.01. The van der Waals surface area contributed by atoms with Crippen LogP contribution in [0.3, 0.4) is 0 Å². The number of benzene rings is 1. The Bertz CT molecular complexity index is 952. The Morgan fingerprint density at radius 3 is 2.44 bits per heavy atom. The summed E-state index contributed by atoms with van der Waals surface area (Å²) in [5.41, 5.74) is 9.06. The zero-order chi connectivity index (χ0) is 18.0. The van der Waals surface area contributed by atoms with E-state index in [1.807, 2.05) is 6.92 Å². The summed E-state index contributed by atoms with van der Waals surface area (Å²) in [7, 11) is 0. The van der Waals surface area contributed by atoms with Crippen LogP contribution in [0.1, 0.15) is 30.8 Å². The summed E-state index contributed by atoms with van der Waals surface area (Å²) in [5.74, 6) is 0.591. The van der Waals surface area contributed by atoms with E-state index in [-0.39, 0.29) is 17.4 Å². The van der Waals surface area contributed by atoms with Crippen LogP contribution in [0.5, 0.6) is 5.75 Å². The minimum atomic E-state index is 0.121. The Kier molecular flexibility index (Phi) is 4.25. The molecule has 0 aliphatic heterocycles. The summed E-state index contributed by atoms with van der Waals surface area (Å²) < 4.78 is 6.00. The van der Waals surface area contributed by atoms with Crippen molar-refractivity contribution in [3.8, 4) is 11.6 Å². The van der Waals surface area contributed by atoms with Crippen molar-refractivity contribution in [2.45, 2.75) is 20.8 Å². The smallest absolute Gasteiger partial charge is 0.243 e. The molecule has 0 bridgehead atoms. The van der Waals surface area contributed by atoms with Crippen LogP contribution in [0.2, 0.25) is 0 Å². The fraction of sp³-hybridized carbons (Fsp3) is 0.200. The molecular weight excluding hydrogens is 324 g/mol. The molecule has 0 atom stereocenters. The van der Waals surface area contributed by atoms with Crippen molar-refractivity contribution in [2.75, 3.05) is 5.73 Å². The fourth-order valence-corrected chi connectivity index (χ4v) is 2.16. The second-order valence-corrected chi connectivity index (χ2v) is 5.33. The number of aromatic nitrogens is 5. The zero-order valence-electron chi connectivity index (χ0n) is 13.9. The maximum Gasteiger partial charge on any atom is 0.243 e. The number of nitrogen functional groups attached to an aromatic ring is 1. The standard InChI is InChI=1S/C15H16N8O2/c1-8(11-4-6-12(24)7-5-11)17-18-9(2)13-10(3)23(22-19-13)15-14(16)20-25-21-15/h4-7,24H,1-3H3,(H2,16,20)/b17-8+,18-9?. The van der Waals surface area contributed by atoms with Crippen LogP contribution in [0.25, 0.3) is 5.82 Å². The van der Waals surface area contributed by atoms with Crippen molar-refractivity contribution in [3.05, 3.63) is 41.2 Å². The molecule has 0 saturated carbocycles. The Morgan fingerprint density at radius 2 is 1.80 bits per heavy atom. The van der Waals surface area contributed by atoms with Gasteiger partial charge in [-0.3, -0.25) is 0 Å². The minimum absolute atomic E-state index is 0.121. The van der Waals surface area contributed by atoms with Crippen molar-refractivity contribution < 1.29 is 9.74 Å². The normalized spacial score (nSPS) is 12.6. The summed E-state index contributed by atoms with van der Waals surface area (Å²) in [6, 6.07) is 6.72. The van der Waals surface area contributed by atoms with Crippen molar-refractivity contribution in [1.29, 1.82) is 0 Å². The van der Waals surface area contributed by atoms with Gasteiger partial charge >= 0.3 is 0 Å². The SMILES string of the molecule is CC(=N/N=C(\C)c1ccc(O)cc1)c1nnn(-c2nonc2N)c1C. The van der Waals surface area contributed by atoms with E-state index >= 15 is 0 Å². The van der Waals surface area contributed by atoms with Crippen LogP contribution in [-0.2, 0) is 0 Å². The zero-order valence-corrected chi connectivity index (χ0v) is 13.9. The fourth-order valence-electron chi connectivity index (χ4n) is 2.16. The number of nitrogens with zero attached hydrogens (tertiary/aromatic N) is 7. The summed E-state index contributed by atoms with van der Waals surface area (Å²) in [4.78, 5) is 0. The lowest BCUT2D eigenvalue weighted by Crippen LogP contribution is -2.04. The number of hydrogen-bond acceptors (Lipinski definition) is 9. The molecule has 0 unspecified atom stereocenters. The molecule has 3 aromatic rings. The highest BCUT2D eigenvalue weighted by Gasteiger charge is 2.17. The van der Waals surface area contributed by atoms with Crippen LogP contribution < -0.4 is 5.73 Å². The molecule has 0 aliphatic rings. The highest BCUT2D eigenvalue weighted by Crippen LogP contribution is 2.15. The molecule has 25 heavy (non-hydrogen) atoms. The number of hydrogen-bond donors (Lipinski definition) is 2. The van der Waals surface area contributed by atoms with Crippen LogP contribution in [-0.4, -0.2) is 41.8 Å². The van der Waals surface area contributed by atoms with Crippen LogP contribution in [0.15, 0.2) is 39.1 Å². The van der Waals surface area contributed by atoms with Crippen LogP contribution in [0, 0.1) is 6.92 Å². The lowest BCUT2D eigenvalue weighted by molar-refractivity contribution is 0.306. The minimum Gasteiger partial charge on any atom is -0.508 e. The lowest BCUT2D eigenvalue weighted by Gasteiger charge is -2.00. The van der Waals surface area contributed by atoms with Gasteiger partial charge in [-0.1, -0.05) is 5.21 Å². The first-order valence-corrected chi connectivity index (χ1v) is 7.36. The van der Waals surface area contributed by atoms with Gasteiger partial charge in [0.2, 0.25) is 11.6 Å². The largest absolute Gasteiger partial charge is 0.508 e. The Hall–Kier alpha value is -3.56. The molecule has 0 aliphatic carbocycles. The van der Waals surface area contributed by atoms with E-state index < -0.39 is 0 Å². The number of nitrogens with two attached hydrogens (primary N) is 1. The highest BCUT2D eigenvalue weighted by atomic mass is 16.6. The first-order valence-electron chi connectivity index (χ1n) is 7.36. The van der Waals surface area contributed by atoms with E-state index in [4.69, 9.17) is 5.73 Å². The molecule has 2 heterocycles. The molecule has 0 spiro atoms. The first kappa shape index (κ1) is 16.3. The second-order valence-electron chi connectivity index (χ2n) is 5.33. The molecular formula is C15H16N8O2. The Labute approximate surface area is 142 Å². The monoisotopic (exact) mass is 340 g/mol. The van der Waals surface area contributed by atoms with E-state index in [1.54, 1.807) is 38.1 Å². The molecule has 0 amide bonds. The van der Waals surface area contributed by atoms with Crippen molar-refractivity contribution >= 4 is 17.2 Å². The third-order valence-corrected chi connectivity index (χ3v) is 3.57. The molecule has 0 saturated heterocycles. The molecule has 2 aromatic heterocycles. The summed E-state index contributed by atoms with van der Waals surface area (Å²) in [5, 5.41) is 33.1. The summed E-state index contributed by atoms with van der Waals surface area (Å²) in [6.45, 7) is 5.41. The number of aromatic hydroxyl groups is 1. The van der Waals surface area contributed by atoms with Gasteiger partial charge in [-0.05, 0) is 60.9 Å². The van der Waals surface area contributed by atoms with Gasteiger partial charge in [-0.15, -0.1) is 5.10 Å². The van der Waals surface area contributed by atoms with E-state index in [0.29, 0.717) is 22.8 Å². The summed E-state index contributed by atoms with van der Waals surface area (Å²) in [6.07, 6.45) is 0. The quantitative estimate of drug-likeness (QED) is 0.541. The van der Waals surface area contributed by atoms with E-state index in [0.717, 1.165) is 5.56 Å². The lowest BCUT2D eigenvalue weighted by atomic mass is 10.1. The van der Waals surface area contributed by atoms with E-state index in [9.17, 15) is 5.11 Å². The Morgan fingerprint density at radius 1 is 1.12 bits per heavy atom. The summed E-state index contributed by atoms with van der Waals surface area (Å²) >= 11 is 0. The molecule has 10 nitrogen and oxygen atoms in total. The molecule has 3 rings (SSSR count). The average Bonchev–Trinajstić information content (AvgIpc) is 3.18. The van der Waals surface area contributed by atoms with Crippen molar-refractivity contribution in [2.24, 2.45) is 10.2 Å². The van der Waals surface area contributed by atoms with E-state index in [2.05, 4.69) is 35.5 Å². The van der Waals surface area contributed by atoms with Gasteiger partial charge in [0.05, 0.1) is 17.1 Å². The molecule has 128 valence electrons. The molecule has 10 heteroatoms. The molecule has 3 N–H and O–H groups in total.